The molecule has 0 spiro atoms. The van der Waals surface area contributed by atoms with Crippen molar-refractivity contribution >= 4 is 22.9 Å². The number of hydrogen-bond donors (Lipinski definition) is 2. The summed E-state index contributed by atoms with van der Waals surface area (Å²) in [4.78, 5) is 30.7. The third kappa shape index (κ3) is 5.35. The lowest BCUT2D eigenvalue weighted by Crippen LogP contribution is -2.48. The Morgan fingerprint density at radius 1 is 1.18 bits per heavy atom. The molecule has 1 saturated carbocycles. The molecule has 1 heterocycles. The zero-order chi connectivity index (χ0) is 23.2. The zero-order valence-electron chi connectivity index (χ0n) is 18.7. The van der Waals surface area contributed by atoms with E-state index in [0.29, 0.717) is 24.2 Å². The molecule has 1 aliphatic rings. The Morgan fingerprint density at radius 3 is 2.76 bits per heavy atom. The minimum absolute atomic E-state index is 0.0326. The van der Waals surface area contributed by atoms with Gasteiger partial charge in [-0.3, -0.25) is 4.79 Å². The van der Waals surface area contributed by atoms with Gasteiger partial charge >= 0.3 is 6.09 Å². The lowest BCUT2D eigenvalue weighted by Gasteiger charge is -2.37. The molecule has 2 amide bonds. The lowest BCUT2D eigenvalue weighted by molar-refractivity contribution is 0.0620. The molecule has 7 heteroatoms. The van der Waals surface area contributed by atoms with Gasteiger partial charge < -0.3 is 19.9 Å². The highest BCUT2D eigenvalue weighted by Crippen LogP contribution is 2.26. The zero-order valence-corrected chi connectivity index (χ0v) is 18.7. The number of fused-ring (bicyclic) bond motifs is 1. The van der Waals surface area contributed by atoms with Crippen LogP contribution >= 0.6 is 0 Å². The number of rotatable bonds is 6. The van der Waals surface area contributed by atoms with Gasteiger partial charge in [-0.15, -0.1) is 0 Å². The van der Waals surface area contributed by atoms with Crippen molar-refractivity contribution in [2.24, 2.45) is 0 Å². The number of nitriles is 1. The minimum Gasteiger partial charge on any atom is -0.445 e. The van der Waals surface area contributed by atoms with Gasteiger partial charge in [0.1, 0.15) is 12.3 Å². The number of H-pyrrole nitrogens is 1. The number of aromatic nitrogens is 1. The first-order chi connectivity index (χ1) is 16.1. The van der Waals surface area contributed by atoms with E-state index < -0.39 is 6.09 Å². The molecule has 7 nitrogen and oxygen atoms in total. The van der Waals surface area contributed by atoms with Crippen molar-refractivity contribution in [3.63, 3.8) is 0 Å². The summed E-state index contributed by atoms with van der Waals surface area (Å²) in [6, 6.07) is 18.9. The van der Waals surface area contributed by atoms with E-state index in [9.17, 15) is 9.59 Å². The second-order valence-corrected chi connectivity index (χ2v) is 8.41. The number of carbonyl (C=O) groups is 2. The highest BCUT2D eigenvalue weighted by molar-refractivity contribution is 5.98. The van der Waals surface area contributed by atoms with Crippen LogP contribution in [0.3, 0.4) is 0 Å². The van der Waals surface area contributed by atoms with Crippen LogP contribution in [0, 0.1) is 11.3 Å². The summed E-state index contributed by atoms with van der Waals surface area (Å²) >= 11 is 0. The Kier molecular flexibility index (Phi) is 6.94. The van der Waals surface area contributed by atoms with Gasteiger partial charge in [-0.1, -0.05) is 30.3 Å². The number of ether oxygens (including phenoxy) is 1. The average molecular weight is 445 g/mol. The van der Waals surface area contributed by atoms with Crippen LogP contribution in [0.2, 0.25) is 0 Å². The number of carbonyl (C=O) groups excluding carboxylic acids is 2. The molecule has 0 bridgehead atoms. The number of amides is 2. The normalized spacial score (nSPS) is 17.8. The SMILES string of the molecule is CCN(C(=O)c1cc2cc(C#N)ccc2[nH]1)[C@H]1CCC[C@@H](NC(=O)OCc2ccccc2)C1. The van der Waals surface area contributed by atoms with Crippen molar-refractivity contribution in [2.75, 3.05) is 6.54 Å². The maximum absolute atomic E-state index is 13.3. The fourth-order valence-corrected chi connectivity index (χ4v) is 4.55. The number of nitrogens with zero attached hydrogens (tertiary/aromatic N) is 2. The molecule has 1 aromatic heterocycles. The molecule has 3 aromatic rings. The summed E-state index contributed by atoms with van der Waals surface area (Å²) < 4.78 is 5.36. The molecule has 2 atom stereocenters. The van der Waals surface area contributed by atoms with Crippen molar-refractivity contribution in [3.8, 4) is 6.07 Å². The van der Waals surface area contributed by atoms with E-state index in [1.165, 1.54) is 0 Å². The van der Waals surface area contributed by atoms with Crippen molar-refractivity contribution in [2.45, 2.75) is 51.3 Å². The molecule has 1 fully saturated rings. The van der Waals surface area contributed by atoms with Crippen LogP contribution in [0.25, 0.3) is 10.9 Å². The summed E-state index contributed by atoms with van der Waals surface area (Å²) in [5.41, 5.74) is 2.85. The number of benzene rings is 2. The second kappa shape index (κ2) is 10.2. The Morgan fingerprint density at radius 2 is 2.00 bits per heavy atom. The van der Waals surface area contributed by atoms with E-state index in [0.717, 1.165) is 35.7 Å². The first-order valence-corrected chi connectivity index (χ1v) is 11.4. The van der Waals surface area contributed by atoms with E-state index in [1.807, 2.05) is 48.2 Å². The number of aromatic amines is 1. The third-order valence-corrected chi connectivity index (χ3v) is 6.20. The maximum Gasteiger partial charge on any atom is 0.407 e. The molecule has 0 aliphatic heterocycles. The summed E-state index contributed by atoms with van der Waals surface area (Å²) in [7, 11) is 0. The molecule has 170 valence electrons. The van der Waals surface area contributed by atoms with Crippen LogP contribution in [0.15, 0.2) is 54.6 Å². The van der Waals surface area contributed by atoms with Crippen molar-refractivity contribution in [3.05, 3.63) is 71.4 Å². The van der Waals surface area contributed by atoms with Gasteiger partial charge in [-0.05, 0) is 62.4 Å². The fourth-order valence-electron chi connectivity index (χ4n) is 4.55. The highest BCUT2D eigenvalue weighted by atomic mass is 16.5. The minimum atomic E-state index is -0.428. The number of hydrogen-bond acceptors (Lipinski definition) is 4. The lowest BCUT2D eigenvalue weighted by atomic mass is 9.89. The summed E-state index contributed by atoms with van der Waals surface area (Å²) in [5, 5.41) is 12.9. The van der Waals surface area contributed by atoms with Gasteiger partial charge in [-0.2, -0.15) is 5.26 Å². The first kappa shape index (κ1) is 22.4. The number of nitrogens with one attached hydrogen (secondary N) is 2. The summed E-state index contributed by atoms with van der Waals surface area (Å²) in [5.74, 6) is -0.0653. The van der Waals surface area contributed by atoms with Crippen molar-refractivity contribution in [1.82, 2.24) is 15.2 Å². The molecular weight excluding hydrogens is 416 g/mol. The predicted molar refractivity (Wildman–Crippen MR) is 126 cm³/mol. The second-order valence-electron chi connectivity index (χ2n) is 8.41. The Labute approximate surface area is 193 Å². The van der Waals surface area contributed by atoms with E-state index in [4.69, 9.17) is 10.00 Å². The molecule has 0 saturated heterocycles. The van der Waals surface area contributed by atoms with Gasteiger partial charge in [0.15, 0.2) is 0 Å². The molecule has 2 aromatic carbocycles. The Balaban J connectivity index is 1.38. The molecule has 33 heavy (non-hydrogen) atoms. The smallest absolute Gasteiger partial charge is 0.407 e. The predicted octanol–water partition coefficient (Wildman–Crippen LogP) is 4.74. The molecule has 0 unspecified atom stereocenters. The van der Waals surface area contributed by atoms with Crippen LogP contribution in [0.4, 0.5) is 4.79 Å². The van der Waals surface area contributed by atoms with E-state index >= 15 is 0 Å². The van der Waals surface area contributed by atoms with Gasteiger partial charge in [0.2, 0.25) is 0 Å². The van der Waals surface area contributed by atoms with Crippen LogP contribution in [0.1, 0.15) is 54.2 Å². The van der Waals surface area contributed by atoms with Gasteiger partial charge in [0.25, 0.3) is 5.91 Å². The van der Waals surface area contributed by atoms with E-state index in [2.05, 4.69) is 16.4 Å². The number of alkyl carbamates (subject to hydrolysis) is 1. The first-order valence-electron chi connectivity index (χ1n) is 11.4. The van der Waals surface area contributed by atoms with E-state index in [-0.39, 0.29) is 24.6 Å². The van der Waals surface area contributed by atoms with Gasteiger partial charge in [0.05, 0.1) is 11.6 Å². The third-order valence-electron chi connectivity index (χ3n) is 6.20. The fraction of sp³-hybridized carbons (Fsp3) is 0.346. The molecule has 1 aliphatic carbocycles. The Hall–Kier alpha value is -3.79. The van der Waals surface area contributed by atoms with Crippen LogP contribution < -0.4 is 5.32 Å². The van der Waals surface area contributed by atoms with Crippen LogP contribution in [-0.4, -0.2) is 40.5 Å². The standard InChI is InChI=1S/C26H28N4O3/c1-2-30(25(31)24-14-20-13-19(16-27)11-12-23(20)29-24)22-10-6-9-21(15-22)28-26(32)33-17-18-7-4-3-5-8-18/h3-5,7-8,11-14,21-22,29H,2,6,9-10,15,17H2,1H3,(H,28,32)/t21-,22+/m1/s1. The summed E-state index contributed by atoms with van der Waals surface area (Å²) in [6.07, 6.45) is 2.96. The molecule has 0 radical (unpaired) electrons. The molecular formula is C26H28N4O3. The highest BCUT2D eigenvalue weighted by Gasteiger charge is 2.31. The van der Waals surface area contributed by atoms with Crippen molar-refractivity contribution in [1.29, 1.82) is 5.26 Å². The largest absolute Gasteiger partial charge is 0.445 e. The quantitative estimate of drug-likeness (QED) is 0.574. The van der Waals surface area contributed by atoms with Gasteiger partial charge in [-0.25, -0.2) is 4.79 Å². The topological polar surface area (TPSA) is 98.2 Å². The molecule has 4 rings (SSSR count). The van der Waals surface area contributed by atoms with Gasteiger partial charge in [0, 0.05) is 29.5 Å². The average Bonchev–Trinajstić information content (AvgIpc) is 3.27. The summed E-state index contributed by atoms with van der Waals surface area (Å²) in [6.45, 7) is 2.78. The van der Waals surface area contributed by atoms with E-state index in [1.54, 1.807) is 18.2 Å². The van der Waals surface area contributed by atoms with Crippen LogP contribution in [0.5, 0.6) is 0 Å². The van der Waals surface area contributed by atoms with Crippen molar-refractivity contribution < 1.29 is 14.3 Å². The molecule has 2 N–H and O–H groups in total. The van der Waals surface area contributed by atoms with Crippen LogP contribution in [-0.2, 0) is 11.3 Å². The Bertz CT molecular complexity index is 1170. The monoisotopic (exact) mass is 444 g/mol. The maximum atomic E-state index is 13.3.